The molecule has 0 aliphatic heterocycles. The number of carbonyl (C=O) groups excluding carboxylic acids is 1. The average Bonchev–Trinajstić information content (AvgIpc) is 3.37. The van der Waals surface area contributed by atoms with Gasteiger partial charge in [-0.1, -0.05) is 24.6 Å². The molecule has 0 saturated heterocycles. The molecule has 5 rings (SSSR count). The van der Waals surface area contributed by atoms with Crippen LogP contribution in [0.1, 0.15) is 34.0 Å². The molecule has 0 atom stereocenters. The average molecular weight is 391 g/mol. The Balaban J connectivity index is 1.60. The van der Waals surface area contributed by atoms with Crippen molar-refractivity contribution in [2.45, 2.75) is 13.3 Å². The third kappa shape index (κ3) is 2.42. The van der Waals surface area contributed by atoms with Crippen molar-refractivity contribution in [2.75, 3.05) is 0 Å². The highest BCUT2D eigenvalue weighted by molar-refractivity contribution is 6.42. The van der Waals surface area contributed by atoms with E-state index in [0.29, 0.717) is 56.4 Å². The lowest BCUT2D eigenvalue weighted by Gasteiger charge is -2.13. The number of aliphatic hydroxyl groups excluding tert-OH is 1. The first-order valence-electron chi connectivity index (χ1n) is 8.96. The molecule has 1 N–H and O–H groups in total. The number of hydrogen-bond donors (Lipinski definition) is 1. The fourth-order valence-electron chi connectivity index (χ4n) is 3.72. The summed E-state index contributed by atoms with van der Waals surface area (Å²) in [6, 6.07) is 16.1. The number of ketones is 1. The van der Waals surface area contributed by atoms with Crippen LogP contribution < -0.4 is 4.74 Å². The topological polar surface area (TPSA) is 59.7 Å². The third-order valence-corrected chi connectivity index (χ3v) is 5.31. The zero-order chi connectivity index (χ0) is 19.4. The zero-order valence-corrected chi connectivity index (χ0v) is 15.7. The van der Waals surface area contributed by atoms with E-state index in [9.17, 15) is 9.90 Å². The molecule has 2 aromatic heterocycles. The Morgan fingerprint density at radius 1 is 0.964 bits per heavy atom. The van der Waals surface area contributed by atoms with Gasteiger partial charge in [-0.05, 0) is 66.1 Å². The van der Waals surface area contributed by atoms with Gasteiger partial charge in [-0.3, -0.25) is 4.79 Å². The number of aliphatic hydroxyl groups is 1. The van der Waals surface area contributed by atoms with Crippen LogP contribution in [0.2, 0.25) is 5.02 Å². The summed E-state index contributed by atoms with van der Waals surface area (Å²) in [5.41, 5.74) is 3.88. The number of halogens is 1. The standard InChI is InChI=1S/C23H15ClO4/c1-2-12-3-6-15(27-14-7-4-13(24)5-8-14)11-16(12)19-22(25)20-17-9-10-18(28-17)21(20)23(19)26/h3-11,25H,2H2,1H3. The van der Waals surface area contributed by atoms with Crippen LogP contribution >= 0.6 is 11.6 Å². The summed E-state index contributed by atoms with van der Waals surface area (Å²) in [5, 5.41) is 11.5. The van der Waals surface area contributed by atoms with Crippen LogP contribution in [0.25, 0.3) is 22.5 Å². The second-order valence-electron chi connectivity index (χ2n) is 6.70. The number of hydrogen-bond acceptors (Lipinski definition) is 4. The van der Waals surface area contributed by atoms with Crippen molar-refractivity contribution in [1.29, 1.82) is 0 Å². The molecule has 0 fully saturated rings. The number of furan rings is 2. The van der Waals surface area contributed by atoms with Gasteiger partial charge in [0.25, 0.3) is 0 Å². The number of aryl methyl sites for hydroxylation is 1. The van der Waals surface area contributed by atoms with Crippen LogP contribution in [-0.2, 0) is 6.42 Å². The molecule has 2 bridgehead atoms. The van der Waals surface area contributed by atoms with E-state index in [-0.39, 0.29) is 11.5 Å². The van der Waals surface area contributed by atoms with Gasteiger partial charge in [0.05, 0.1) is 16.7 Å². The summed E-state index contributed by atoms with van der Waals surface area (Å²) < 4.78 is 11.4. The maximum Gasteiger partial charge on any atom is 0.202 e. The predicted octanol–water partition coefficient (Wildman–Crippen LogP) is 6.50. The zero-order valence-electron chi connectivity index (χ0n) is 15.0. The second kappa shape index (κ2) is 6.14. The number of allylic oxidation sites excluding steroid dienone is 1. The maximum absolute atomic E-state index is 13.1. The van der Waals surface area contributed by atoms with Crippen molar-refractivity contribution in [3.8, 4) is 11.5 Å². The number of benzene rings is 3. The van der Waals surface area contributed by atoms with Gasteiger partial charge in [-0.2, -0.15) is 0 Å². The minimum Gasteiger partial charge on any atom is -0.506 e. The first kappa shape index (κ1) is 16.9. The Morgan fingerprint density at radius 2 is 1.64 bits per heavy atom. The smallest absolute Gasteiger partial charge is 0.202 e. The van der Waals surface area contributed by atoms with E-state index < -0.39 is 0 Å². The summed E-state index contributed by atoms with van der Waals surface area (Å²) in [6.45, 7) is 2.01. The Kier molecular flexibility index (Phi) is 3.71. The minimum atomic E-state index is -0.222. The second-order valence-corrected chi connectivity index (χ2v) is 7.13. The van der Waals surface area contributed by atoms with E-state index in [0.717, 1.165) is 5.56 Å². The van der Waals surface area contributed by atoms with Crippen molar-refractivity contribution in [3.63, 3.8) is 0 Å². The van der Waals surface area contributed by atoms with E-state index in [1.807, 2.05) is 19.1 Å². The Hall–Kier alpha value is -3.24. The SMILES string of the molecule is CCc1ccc(Oc2ccc(Cl)cc2)cc1C1=C(O)c2c(c3ccc2o3)C1=O. The van der Waals surface area contributed by atoms with Crippen LogP contribution in [0, 0.1) is 0 Å². The summed E-state index contributed by atoms with van der Waals surface area (Å²) in [4.78, 5) is 13.1. The maximum atomic E-state index is 13.1. The van der Waals surface area contributed by atoms with Gasteiger partial charge < -0.3 is 14.3 Å². The fourth-order valence-corrected chi connectivity index (χ4v) is 3.85. The molecule has 5 heteroatoms. The molecule has 0 saturated carbocycles. The van der Waals surface area contributed by atoms with E-state index in [1.165, 1.54) is 0 Å². The van der Waals surface area contributed by atoms with Gasteiger partial charge >= 0.3 is 0 Å². The largest absolute Gasteiger partial charge is 0.506 e. The van der Waals surface area contributed by atoms with Crippen molar-refractivity contribution in [2.24, 2.45) is 0 Å². The molecular weight excluding hydrogens is 376 g/mol. The number of fused-ring (bicyclic) bond motifs is 5. The van der Waals surface area contributed by atoms with Crippen LogP contribution in [0.4, 0.5) is 0 Å². The Morgan fingerprint density at radius 3 is 2.32 bits per heavy atom. The van der Waals surface area contributed by atoms with E-state index >= 15 is 0 Å². The van der Waals surface area contributed by atoms with E-state index in [2.05, 4.69) is 0 Å². The molecule has 0 unspecified atom stereocenters. The molecule has 0 spiro atoms. The third-order valence-electron chi connectivity index (χ3n) is 5.06. The number of Topliss-reactive ketones (excluding diaryl/α,β-unsaturated/α-hetero) is 1. The Bertz CT molecular complexity index is 1250. The molecular formula is C23H15ClO4. The Labute approximate surface area is 166 Å². The van der Waals surface area contributed by atoms with Crippen LogP contribution in [0.15, 0.2) is 59.0 Å². The molecule has 2 aromatic carbocycles. The summed E-state index contributed by atoms with van der Waals surface area (Å²) in [7, 11) is 0. The van der Waals surface area contributed by atoms with Crippen molar-refractivity contribution in [3.05, 3.63) is 81.9 Å². The van der Waals surface area contributed by atoms with Crippen molar-refractivity contribution < 1.29 is 19.1 Å². The lowest BCUT2D eigenvalue weighted by Crippen LogP contribution is -2.02. The van der Waals surface area contributed by atoms with Gasteiger partial charge in [-0.15, -0.1) is 0 Å². The van der Waals surface area contributed by atoms with Crippen molar-refractivity contribution >= 4 is 39.9 Å². The van der Waals surface area contributed by atoms with E-state index in [1.54, 1.807) is 42.5 Å². The molecule has 4 nitrogen and oxygen atoms in total. The molecule has 0 radical (unpaired) electrons. The van der Waals surface area contributed by atoms with Crippen LogP contribution in [0.3, 0.4) is 0 Å². The first-order chi connectivity index (χ1) is 13.6. The summed E-state index contributed by atoms with van der Waals surface area (Å²) in [6.07, 6.45) is 0.715. The highest BCUT2D eigenvalue weighted by Gasteiger charge is 2.37. The molecule has 28 heavy (non-hydrogen) atoms. The van der Waals surface area contributed by atoms with E-state index in [4.69, 9.17) is 20.8 Å². The molecule has 4 aromatic rings. The van der Waals surface area contributed by atoms with Crippen LogP contribution in [0.5, 0.6) is 11.5 Å². The summed E-state index contributed by atoms with van der Waals surface area (Å²) >= 11 is 5.92. The highest BCUT2D eigenvalue weighted by atomic mass is 35.5. The summed E-state index contributed by atoms with van der Waals surface area (Å²) in [5.74, 6) is 0.957. The molecule has 2 heterocycles. The predicted molar refractivity (Wildman–Crippen MR) is 109 cm³/mol. The van der Waals surface area contributed by atoms with Gasteiger partial charge in [0, 0.05) is 5.02 Å². The monoisotopic (exact) mass is 390 g/mol. The lowest BCUT2D eigenvalue weighted by molar-refractivity contribution is 0.106. The quantitative estimate of drug-likeness (QED) is 0.432. The molecule has 1 aliphatic rings. The molecule has 0 amide bonds. The molecule has 1 aliphatic carbocycles. The highest BCUT2D eigenvalue weighted by Crippen LogP contribution is 2.45. The van der Waals surface area contributed by atoms with Gasteiger partial charge in [-0.25, -0.2) is 0 Å². The van der Waals surface area contributed by atoms with Gasteiger partial charge in [0.2, 0.25) is 5.78 Å². The van der Waals surface area contributed by atoms with Crippen LogP contribution in [-0.4, -0.2) is 10.9 Å². The van der Waals surface area contributed by atoms with Gasteiger partial charge in [0.15, 0.2) is 0 Å². The van der Waals surface area contributed by atoms with Gasteiger partial charge in [0.1, 0.15) is 28.4 Å². The lowest BCUT2D eigenvalue weighted by atomic mass is 9.95. The number of ether oxygens (including phenoxy) is 1. The minimum absolute atomic E-state index is 0.0345. The number of rotatable bonds is 4. The number of carbonyl (C=O) groups is 1. The normalized spacial score (nSPS) is 13.6. The first-order valence-corrected chi connectivity index (χ1v) is 9.34. The van der Waals surface area contributed by atoms with Crippen molar-refractivity contribution in [1.82, 2.24) is 0 Å². The fraction of sp³-hybridized carbons (Fsp3) is 0.0870. The molecule has 138 valence electrons.